The van der Waals surface area contributed by atoms with E-state index in [1.54, 1.807) is 6.07 Å². The molecule has 8 nitrogen and oxygen atoms in total. The van der Waals surface area contributed by atoms with Crippen molar-refractivity contribution in [1.82, 2.24) is 20.9 Å². The lowest BCUT2D eigenvalue weighted by Gasteiger charge is -2.21. The van der Waals surface area contributed by atoms with Crippen molar-refractivity contribution >= 4 is 28.6 Å². The Morgan fingerprint density at radius 2 is 1.85 bits per heavy atom. The molecule has 168 valence electrons. The number of aromatic amines is 1. The molecular formula is C25H25N5O3. The Balaban J connectivity index is 1.49. The van der Waals surface area contributed by atoms with Gasteiger partial charge in [0.2, 0.25) is 11.8 Å². The zero-order valence-electron chi connectivity index (χ0n) is 18.0. The Bertz CT molecular complexity index is 1160. The highest BCUT2D eigenvalue weighted by Gasteiger charge is 2.30. The lowest BCUT2D eigenvalue weighted by molar-refractivity contribution is -0.125. The number of nitrogens with zero attached hydrogens (tertiary/aromatic N) is 1. The number of nitrogens with one attached hydrogen (secondary N) is 4. The molecular weight excluding hydrogens is 418 g/mol. The third kappa shape index (κ3) is 5.39. The van der Waals surface area contributed by atoms with Crippen molar-refractivity contribution in [3.05, 3.63) is 71.9 Å². The molecule has 1 unspecified atom stereocenters. The predicted molar refractivity (Wildman–Crippen MR) is 123 cm³/mol. The highest BCUT2D eigenvalue weighted by molar-refractivity contribution is 6.00. The van der Waals surface area contributed by atoms with Crippen LogP contribution in [0.1, 0.15) is 28.9 Å². The average Bonchev–Trinajstić information content (AvgIpc) is 3.44. The summed E-state index contributed by atoms with van der Waals surface area (Å²) in [7, 11) is 0. The number of rotatable bonds is 8. The topological polar surface area (TPSA) is 127 Å². The average molecular weight is 444 g/mol. The van der Waals surface area contributed by atoms with Gasteiger partial charge in [0.05, 0.1) is 6.07 Å². The van der Waals surface area contributed by atoms with Crippen LogP contribution in [0.15, 0.2) is 60.7 Å². The summed E-state index contributed by atoms with van der Waals surface area (Å²) in [6.07, 6.45) is 1.14. The van der Waals surface area contributed by atoms with E-state index in [2.05, 4.69) is 27.0 Å². The van der Waals surface area contributed by atoms with Crippen molar-refractivity contribution in [3.63, 3.8) is 0 Å². The van der Waals surface area contributed by atoms with Crippen LogP contribution in [-0.4, -0.2) is 41.3 Å². The highest BCUT2D eigenvalue weighted by atomic mass is 16.2. The number of H-pyrrole nitrogens is 1. The molecule has 3 amide bonds. The van der Waals surface area contributed by atoms with Gasteiger partial charge in [-0.2, -0.15) is 5.26 Å². The summed E-state index contributed by atoms with van der Waals surface area (Å²) in [4.78, 5) is 41.0. The van der Waals surface area contributed by atoms with Gasteiger partial charge in [-0.15, -0.1) is 0 Å². The molecule has 0 bridgehead atoms. The fourth-order valence-corrected chi connectivity index (χ4v) is 4.06. The van der Waals surface area contributed by atoms with Gasteiger partial charge in [-0.25, -0.2) is 0 Å². The lowest BCUT2D eigenvalue weighted by Crippen LogP contribution is -2.51. The predicted octanol–water partition coefficient (Wildman–Crippen LogP) is 2.04. The lowest BCUT2D eigenvalue weighted by atomic mass is 9.98. The van der Waals surface area contributed by atoms with E-state index < -0.39 is 23.9 Å². The molecule has 0 saturated carbocycles. The second kappa shape index (κ2) is 10.0. The van der Waals surface area contributed by atoms with Gasteiger partial charge in [0.1, 0.15) is 17.8 Å². The molecule has 1 aliphatic rings. The number of benzene rings is 2. The summed E-state index contributed by atoms with van der Waals surface area (Å²) >= 11 is 0. The summed E-state index contributed by atoms with van der Waals surface area (Å²) < 4.78 is 0. The number of aromatic nitrogens is 1. The van der Waals surface area contributed by atoms with Gasteiger partial charge in [-0.05, 0) is 30.5 Å². The number of nitriles is 1. The first-order valence-electron chi connectivity index (χ1n) is 10.9. The molecule has 1 saturated heterocycles. The summed E-state index contributed by atoms with van der Waals surface area (Å²) in [5.74, 6) is -1.28. The molecule has 8 heteroatoms. The molecule has 3 aromatic rings. The van der Waals surface area contributed by atoms with Gasteiger partial charge in [0.25, 0.3) is 5.91 Å². The molecule has 0 spiro atoms. The zero-order valence-corrected chi connectivity index (χ0v) is 18.0. The number of hydrogen-bond donors (Lipinski definition) is 4. The van der Waals surface area contributed by atoms with Crippen LogP contribution >= 0.6 is 0 Å². The number of carbonyl (C=O) groups is 3. The molecule has 4 rings (SSSR count). The van der Waals surface area contributed by atoms with Gasteiger partial charge in [-0.1, -0.05) is 48.5 Å². The second-order valence-corrected chi connectivity index (χ2v) is 8.19. The first-order valence-corrected chi connectivity index (χ1v) is 10.9. The molecule has 1 aliphatic heterocycles. The van der Waals surface area contributed by atoms with E-state index in [1.807, 2.05) is 54.6 Å². The number of hydrogen-bond acceptors (Lipinski definition) is 4. The normalized spacial score (nSPS) is 17.1. The van der Waals surface area contributed by atoms with Crippen molar-refractivity contribution in [2.75, 3.05) is 6.54 Å². The van der Waals surface area contributed by atoms with Crippen LogP contribution in [0.25, 0.3) is 10.9 Å². The number of fused-ring (bicyclic) bond motifs is 1. The molecule has 0 aliphatic carbocycles. The van der Waals surface area contributed by atoms with E-state index in [0.717, 1.165) is 16.5 Å². The van der Waals surface area contributed by atoms with Crippen LogP contribution in [0.5, 0.6) is 0 Å². The van der Waals surface area contributed by atoms with Crippen molar-refractivity contribution < 1.29 is 14.4 Å². The van der Waals surface area contributed by atoms with Crippen LogP contribution in [-0.2, 0) is 16.0 Å². The van der Waals surface area contributed by atoms with E-state index in [1.165, 1.54) is 0 Å². The number of amides is 3. The van der Waals surface area contributed by atoms with E-state index >= 15 is 0 Å². The van der Waals surface area contributed by atoms with Crippen LogP contribution in [0.4, 0.5) is 0 Å². The maximum atomic E-state index is 13.1. The van der Waals surface area contributed by atoms with Crippen LogP contribution in [0.2, 0.25) is 0 Å². The Morgan fingerprint density at radius 3 is 2.55 bits per heavy atom. The maximum Gasteiger partial charge on any atom is 0.268 e. The Labute approximate surface area is 191 Å². The smallest absolute Gasteiger partial charge is 0.268 e. The van der Waals surface area contributed by atoms with Crippen LogP contribution in [0.3, 0.4) is 0 Å². The van der Waals surface area contributed by atoms with Gasteiger partial charge < -0.3 is 20.9 Å². The second-order valence-electron chi connectivity index (χ2n) is 8.19. The number of carbonyl (C=O) groups excluding carboxylic acids is 3. The third-order valence-electron chi connectivity index (χ3n) is 5.83. The summed E-state index contributed by atoms with van der Waals surface area (Å²) in [5.41, 5.74) is 2.05. The van der Waals surface area contributed by atoms with Crippen molar-refractivity contribution in [2.24, 2.45) is 5.92 Å². The third-order valence-corrected chi connectivity index (χ3v) is 5.83. The monoisotopic (exact) mass is 443 g/mol. The van der Waals surface area contributed by atoms with Gasteiger partial charge in [-0.3, -0.25) is 14.4 Å². The van der Waals surface area contributed by atoms with Crippen molar-refractivity contribution in [3.8, 4) is 6.07 Å². The van der Waals surface area contributed by atoms with Gasteiger partial charge in [0, 0.05) is 29.8 Å². The quantitative estimate of drug-likeness (QED) is 0.425. The minimum atomic E-state index is -0.889. The molecule has 4 N–H and O–H groups in total. The van der Waals surface area contributed by atoms with E-state index in [4.69, 9.17) is 0 Å². The standard InChI is InChI=1S/C25H25N5O3/c26-15-19(13-18-10-11-27-23(18)31)28-24(32)21(12-16-6-2-1-3-7-16)30-25(33)22-14-17-8-4-5-9-20(17)29-22/h1-9,14,18-19,21,29H,10-13H2,(H,27,31)(H,28,32)(H,30,33)/t18?,19-,21-/m0/s1. The fourth-order valence-electron chi connectivity index (χ4n) is 4.06. The molecule has 1 fully saturated rings. The summed E-state index contributed by atoms with van der Waals surface area (Å²) in [6, 6.07) is 19.0. The highest BCUT2D eigenvalue weighted by Crippen LogP contribution is 2.17. The van der Waals surface area contributed by atoms with Crippen molar-refractivity contribution in [1.29, 1.82) is 5.26 Å². The largest absolute Gasteiger partial charge is 0.356 e. The molecule has 2 aromatic carbocycles. The molecule has 1 aromatic heterocycles. The van der Waals surface area contributed by atoms with Gasteiger partial charge in [0.15, 0.2) is 0 Å². The van der Waals surface area contributed by atoms with E-state index in [0.29, 0.717) is 18.7 Å². The van der Waals surface area contributed by atoms with Crippen LogP contribution < -0.4 is 16.0 Å². The molecule has 3 atom stereocenters. The zero-order chi connectivity index (χ0) is 23.2. The SMILES string of the molecule is N#C[C@H](CC1CCNC1=O)NC(=O)[C@H](Cc1ccccc1)NC(=O)c1cc2ccccc2[nH]1. The van der Waals surface area contributed by atoms with Crippen molar-refractivity contribution in [2.45, 2.75) is 31.3 Å². The van der Waals surface area contributed by atoms with E-state index in [-0.39, 0.29) is 24.7 Å². The minimum Gasteiger partial charge on any atom is -0.356 e. The Kier molecular flexibility index (Phi) is 6.69. The Hall–Kier alpha value is -4.12. The number of para-hydroxylation sites is 1. The summed E-state index contributed by atoms with van der Waals surface area (Å²) in [5, 5.41) is 18.7. The minimum absolute atomic E-state index is 0.0996. The maximum absolute atomic E-state index is 13.1. The molecule has 2 heterocycles. The molecule has 33 heavy (non-hydrogen) atoms. The van der Waals surface area contributed by atoms with Gasteiger partial charge >= 0.3 is 0 Å². The molecule has 0 radical (unpaired) electrons. The summed E-state index contributed by atoms with van der Waals surface area (Å²) in [6.45, 7) is 0.576. The van der Waals surface area contributed by atoms with Crippen LogP contribution in [0, 0.1) is 17.2 Å². The fraction of sp³-hybridized carbons (Fsp3) is 0.280. The Morgan fingerprint density at radius 1 is 1.09 bits per heavy atom. The first kappa shape index (κ1) is 22.1. The van der Waals surface area contributed by atoms with E-state index in [9.17, 15) is 19.6 Å². The first-order chi connectivity index (χ1) is 16.0.